The van der Waals surface area contributed by atoms with Crippen molar-refractivity contribution in [3.8, 4) is 0 Å². The third kappa shape index (κ3) is 7.73. The number of nitrogens with zero attached hydrogens (tertiary/aromatic N) is 1. The van der Waals surface area contributed by atoms with E-state index in [1.165, 1.54) is 12.2 Å². The second kappa shape index (κ2) is 13.1. The molecule has 206 valence electrons. The molecule has 1 saturated heterocycles. The van der Waals surface area contributed by atoms with Crippen molar-refractivity contribution in [1.82, 2.24) is 10.2 Å². The molecule has 39 heavy (non-hydrogen) atoms. The Hall–Kier alpha value is -4.05. The zero-order valence-electron chi connectivity index (χ0n) is 21.3. The van der Waals surface area contributed by atoms with Crippen LogP contribution in [0, 0.1) is 5.92 Å². The number of carbonyl (C=O) groups excluding carboxylic acids is 2. The predicted molar refractivity (Wildman–Crippen MR) is 144 cm³/mol. The normalized spacial score (nSPS) is 19.6. The van der Waals surface area contributed by atoms with Crippen LogP contribution in [0.25, 0.3) is 6.08 Å². The Kier molecular flexibility index (Phi) is 9.43. The van der Waals surface area contributed by atoms with Crippen LogP contribution in [0.5, 0.6) is 0 Å². The molecule has 0 saturated carbocycles. The van der Waals surface area contributed by atoms with Gasteiger partial charge in [-0.1, -0.05) is 36.4 Å². The highest BCUT2D eigenvalue weighted by atomic mass is 19.3. The molecule has 4 N–H and O–H groups in total. The van der Waals surface area contributed by atoms with E-state index in [0.717, 1.165) is 11.1 Å². The second-order valence-corrected chi connectivity index (χ2v) is 9.43. The summed E-state index contributed by atoms with van der Waals surface area (Å²) in [7, 11) is 0. The minimum absolute atomic E-state index is 0.156. The van der Waals surface area contributed by atoms with Crippen LogP contribution in [0.15, 0.2) is 78.2 Å². The van der Waals surface area contributed by atoms with Gasteiger partial charge >= 0.3 is 6.61 Å². The van der Waals surface area contributed by atoms with Gasteiger partial charge in [0.1, 0.15) is 12.4 Å². The number of alkyl halides is 3. The van der Waals surface area contributed by atoms with E-state index >= 15 is 0 Å². The van der Waals surface area contributed by atoms with Gasteiger partial charge in [0.05, 0.1) is 17.3 Å². The number of nitrogen functional groups attached to an aromatic ring is 1. The number of halogens is 3. The topological polar surface area (TPSA) is 96.7 Å². The smallest absolute Gasteiger partial charge is 0.387 e. The van der Waals surface area contributed by atoms with Gasteiger partial charge in [-0.2, -0.15) is 8.78 Å². The fourth-order valence-electron chi connectivity index (χ4n) is 4.79. The lowest BCUT2D eigenvalue weighted by Crippen LogP contribution is -2.34. The van der Waals surface area contributed by atoms with Crippen molar-refractivity contribution in [3.05, 3.63) is 89.3 Å². The van der Waals surface area contributed by atoms with E-state index in [1.807, 2.05) is 29.2 Å². The van der Waals surface area contributed by atoms with Gasteiger partial charge in [-0.25, -0.2) is 4.39 Å². The number of hydrogen-bond donors (Lipinski definition) is 3. The lowest BCUT2D eigenvalue weighted by Gasteiger charge is -2.21. The summed E-state index contributed by atoms with van der Waals surface area (Å²) < 4.78 is 42.4. The Balaban J connectivity index is 1.41. The molecule has 0 radical (unpaired) electrons. The number of ether oxygens (including phenoxy) is 1. The van der Waals surface area contributed by atoms with E-state index in [-0.39, 0.29) is 36.5 Å². The fourth-order valence-corrected chi connectivity index (χ4v) is 4.79. The molecule has 0 bridgehead atoms. The maximum Gasteiger partial charge on any atom is 0.387 e. The summed E-state index contributed by atoms with van der Waals surface area (Å²) in [6.07, 6.45) is 6.76. The van der Waals surface area contributed by atoms with E-state index in [4.69, 9.17) is 5.73 Å². The van der Waals surface area contributed by atoms with Gasteiger partial charge in [-0.05, 0) is 47.9 Å². The van der Waals surface area contributed by atoms with Crippen LogP contribution in [0.2, 0.25) is 0 Å². The number of rotatable bonds is 10. The largest absolute Gasteiger partial charge is 0.439 e. The highest BCUT2D eigenvalue weighted by Crippen LogP contribution is 2.34. The summed E-state index contributed by atoms with van der Waals surface area (Å²) in [5.74, 6) is -0.905. The minimum atomic E-state index is -2.88. The standard InChI is InChI=1S/C29H31F3N4O3/c30-15-16-36-17-23(24(18-36)28(38)34-21-10-12-22(13-11-21)39-29(31)32)20-8-5-19(6-9-20)7-14-27(37)35-26-4-2-1-3-25(26)33/h1-10,12,14,23-24,29H,11,13,15-18,33H2,(H,34,38)(H,35,37)/b14-7+. The molecule has 2 aliphatic rings. The summed E-state index contributed by atoms with van der Waals surface area (Å²) in [4.78, 5) is 27.4. The molecule has 1 aliphatic heterocycles. The van der Waals surface area contributed by atoms with Gasteiger partial charge in [-0.3, -0.25) is 14.5 Å². The van der Waals surface area contributed by atoms with Crippen LogP contribution < -0.4 is 16.4 Å². The van der Waals surface area contributed by atoms with E-state index in [0.29, 0.717) is 36.6 Å². The number of allylic oxidation sites excluding steroid dienone is 4. The summed E-state index contributed by atoms with van der Waals surface area (Å²) in [6.45, 7) is -2.21. The molecule has 0 aromatic heterocycles. The fraction of sp³-hybridized carbons (Fsp3) is 0.310. The van der Waals surface area contributed by atoms with Crippen molar-refractivity contribution in [1.29, 1.82) is 0 Å². The van der Waals surface area contributed by atoms with E-state index in [2.05, 4.69) is 15.4 Å². The van der Waals surface area contributed by atoms with Gasteiger partial charge in [-0.15, -0.1) is 0 Å². The SMILES string of the molecule is Nc1ccccc1NC(=O)/C=C/c1ccc(C2CN(CCF)CC2C(=O)NC2=CC=C(OC(F)F)CC2)cc1. The maximum absolute atomic E-state index is 13.2. The molecule has 2 atom stereocenters. The maximum atomic E-state index is 13.2. The quantitative estimate of drug-likeness (QED) is 0.297. The van der Waals surface area contributed by atoms with Crippen LogP contribution in [-0.4, -0.2) is 49.6 Å². The van der Waals surface area contributed by atoms with E-state index < -0.39 is 19.2 Å². The Morgan fingerprint density at radius 1 is 1.05 bits per heavy atom. The van der Waals surface area contributed by atoms with E-state index in [1.54, 1.807) is 36.4 Å². The van der Waals surface area contributed by atoms with Crippen molar-refractivity contribution in [2.45, 2.75) is 25.4 Å². The zero-order valence-corrected chi connectivity index (χ0v) is 21.3. The molecule has 0 spiro atoms. The number of nitrogens with two attached hydrogens (primary N) is 1. The van der Waals surface area contributed by atoms with Crippen molar-refractivity contribution in [2.24, 2.45) is 5.92 Å². The molecular formula is C29H31F3N4O3. The molecule has 2 aromatic rings. The number of amides is 2. The van der Waals surface area contributed by atoms with Gasteiger partial charge in [0.2, 0.25) is 11.8 Å². The molecule has 1 aliphatic carbocycles. The van der Waals surface area contributed by atoms with Crippen molar-refractivity contribution < 1.29 is 27.5 Å². The first-order chi connectivity index (χ1) is 18.8. The number of benzene rings is 2. The minimum Gasteiger partial charge on any atom is -0.439 e. The zero-order chi connectivity index (χ0) is 27.8. The number of para-hydroxylation sites is 2. The Morgan fingerprint density at radius 2 is 1.82 bits per heavy atom. The van der Waals surface area contributed by atoms with Crippen LogP contribution >= 0.6 is 0 Å². The number of carbonyl (C=O) groups is 2. The molecule has 1 heterocycles. The molecule has 2 unspecified atom stereocenters. The number of nitrogens with one attached hydrogen (secondary N) is 2. The average Bonchev–Trinajstić information content (AvgIpc) is 3.34. The van der Waals surface area contributed by atoms with Crippen LogP contribution in [0.4, 0.5) is 24.5 Å². The first-order valence-electron chi connectivity index (χ1n) is 12.7. The van der Waals surface area contributed by atoms with Crippen molar-refractivity contribution >= 4 is 29.3 Å². The summed E-state index contributed by atoms with van der Waals surface area (Å²) in [6, 6.07) is 14.5. The number of likely N-dealkylation sites (tertiary alicyclic amines) is 1. The lowest BCUT2D eigenvalue weighted by molar-refractivity contribution is -0.124. The van der Waals surface area contributed by atoms with Gasteiger partial charge in [0, 0.05) is 43.7 Å². The van der Waals surface area contributed by atoms with Crippen molar-refractivity contribution in [3.63, 3.8) is 0 Å². The third-order valence-corrected chi connectivity index (χ3v) is 6.78. The number of anilines is 2. The van der Waals surface area contributed by atoms with Crippen molar-refractivity contribution in [2.75, 3.05) is 37.4 Å². The average molecular weight is 541 g/mol. The number of hydrogen-bond acceptors (Lipinski definition) is 5. The summed E-state index contributed by atoms with van der Waals surface area (Å²) in [5, 5.41) is 5.65. The molecule has 7 nitrogen and oxygen atoms in total. The monoisotopic (exact) mass is 540 g/mol. The molecule has 10 heteroatoms. The molecule has 2 aromatic carbocycles. The highest BCUT2D eigenvalue weighted by Gasteiger charge is 2.38. The van der Waals surface area contributed by atoms with Gasteiger partial charge in [0.25, 0.3) is 0 Å². The molecule has 1 fully saturated rings. The predicted octanol–water partition coefficient (Wildman–Crippen LogP) is 4.82. The molecule has 2 amide bonds. The third-order valence-electron chi connectivity index (χ3n) is 6.78. The molecule has 4 rings (SSSR count). The van der Waals surface area contributed by atoms with Crippen LogP contribution in [-0.2, 0) is 14.3 Å². The van der Waals surface area contributed by atoms with Gasteiger partial charge in [0.15, 0.2) is 0 Å². The van der Waals surface area contributed by atoms with Crippen LogP contribution in [0.3, 0.4) is 0 Å². The summed E-state index contributed by atoms with van der Waals surface area (Å²) >= 11 is 0. The highest BCUT2D eigenvalue weighted by molar-refractivity contribution is 6.03. The first kappa shape index (κ1) is 28.0. The lowest BCUT2D eigenvalue weighted by atomic mass is 9.87. The molecular weight excluding hydrogens is 509 g/mol. The van der Waals surface area contributed by atoms with E-state index in [9.17, 15) is 22.8 Å². The van der Waals surface area contributed by atoms with Crippen LogP contribution in [0.1, 0.15) is 29.9 Å². The first-order valence-corrected chi connectivity index (χ1v) is 12.7. The van der Waals surface area contributed by atoms with Gasteiger partial charge < -0.3 is 21.1 Å². The Morgan fingerprint density at radius 3 is 2.49 bits per heavy atom. The summed E-state index contributed by atoms with van der Waals surface area (Å²) in [5.41, 5.74) is 9.23. The second-order valence-electron chi connectivity index (χ2n) is 9.43. The Labute approximate surface area is 225 Å². The Bertz CT molecular complexity index is 1260.